The number of hydrogen-bond donors (Lipinski definition) is 1. The van der Waals surface area contributed by atoms with Crippen LogP contribution in [0.1, 0.15) is 46.6 Å². The lowest BCUT2D eigenvalue weighted by Crippen LogP contribution is -2.46. The minimum absolute atomic E-state index is 0.441. The fraction of sp³-hybridized carbons (Fsp3) is 0.471. The Kier molecular flexibility index (Phi) is 5.21. The molecule has 0 spiro atoms. The van der Waals surface area contributed by atoms with Gasteiger partial charge in [-0.1, -0.05) is 37.0 Å². The van der Waals surface area contributed by atoms with Crippen LogP contribution in [0.2, 0.25) is 0 Å². The van der Waals surface area contributed by atoms with E-state index in [1.54, 1.807) is 0 Å². The first-order valence-corrected chi connectivity index (χ1v) is 6.83. The molecule has 1 atom stereocenters. The molecule has 0 bridgehead atoms. The van der Waals surface area contributed by atoms with Crippen LogP contribution in [0.4, 0.5) is 4.79 Å². The van der Waals surface area contributed by atoms with E-state index in [-0.39, 0.29) is 0 Å². The number of benzene rings is 1. The molecule has 1 aromatic carbocycles. The van der Waals surface area contributed by atoms with Gasteiger partial charge in [-0.3, -0.25) is 0 Å². The van der Waals surface area contributed by atoms with Gasteiger partial charge in [0, 0.05) is 5.56 Å². The van der Waals surface area contributed by atoms with Crippen molar-refractivity contribution in [3.05, 3.63) is 35.9 Å². The Morgan fingerprint density at radius 1 is 1.20 bits per heavy atom. The summed E-state index contributed by atoms with van der Waals surface area (Å²) in [6.07, 6.45) is 0.260. The molecule has 1 aromatic rings. The molecule has 0 aliphatic rings. The van der Waals surface area contributed by atoms with Crippen molar-refractivity contribution in [3.63, 3.8) is 0 Å². The minimum atomic E-state index is -0.599. The second kappa shape index (κ2) is 6.47. The van der Waals surface area contributed by atoms with E-state index in [4.69, 9.17) is 4.74 Å². The zero-order valence-electron chi connectivity index (χ0n) is 12.9. The lowest BCUT2D eigenvalue weighted by atomic mass is 9.99. The predicted octanol–water partition coefficient (Wildman–Crippen LogP) is 3.73. The van der Waals surface area contributed by atoms with Crippen LogP contribution in [-0.4, -0.2) is 17.2 Å². The Hall–Kier alpha value is -1.95. The average molecular weight is 273 g/mol. The molecule has 0 fully saturated rings. The summed E-state index contributed by atoms with van der Waals surface area (Å²) in [6.45, 7) is 9.40. The number of carbonyl (C=O) groups is 1. The average Bonchev–Trinajstić information content (AvgIpc) is 2.35. The largest absolute Gasteiger partial charge is 0.444 e. The van der Waals surface area contributed by atoms with E-state index in [0.29, 0.717) is 6.42 Å². The van der Waals surface area contributed by atoms with Crippen LogP contribution < -0.4 is 5.32 Å². The molecule has 0 saturated carbocycles. The van der Waals surface area contributed by atoms with Crippen molar-refractivity contribution >= 4 is 6.09 Å². The number of hydrogen-bond acceptors (Lipinski definition) is 2. The van der Waals surface area contributed by atoms with Crippen molar-refractivity contribution in [2.24, 2.45) is 0 Å². The van der Waals surface area contributed by atoms with Gasteiger partial charge in [0.25, 0.3) is 0 Å². The van der Waals surface area contributed by atoms with Crippen molar-refractivity contribution in [3.8, 4) is 11.8 Å². The molecule has 0 aliphatic carbocycles. The van der Waals surface area contributed by atoms with Crippen LogP contribution in [0, 0.1) is 11.8 Å². The van der Waals surface area contributed by atoms with Crippen LogP contribution in [0.15, 0.2) is 30.3 Å². The van der Waals surface area contributed by atoms with E-state index in [1.165, 1.54) is 0 Å². The molecule has 1 amide bonds. The Bertz CT molecular complexity index is 505. The van der Waals surface area contributed by atoms with Crippen LogP contribution in [0.25, 0.3) is 0 Å². The summed E-state index contributed by atoms with van der Waals surface area (Å²) in [7, 11) is 0. The monoisotopic (exact) mass is 273 g/mol. The zero-order chi connectivity index (χ0) is 15.2. The lowest BCUT2D eigenvalue weighted by molar-refractivity contribution is 0.0486. The van der Waals surface area contributed by atoms with E-state index in [2.05, 4.69) is 17.2 Å². The first-order valence-electron chi connectivity index (χ1n) is 6.83. The normalized spacial score (nSPS) is 13.7. The number of rotatable bonds is 2. The first kappa shape index (κ1) is 16.1. The Morgan fingerprint density at radius 3 is 2.30 bits per heavy atom. The molecule has 0 heterocycles. The van der Waals surface area contributed by atoms with Gasteiger partial charge in [0.1, 0.15) is 11.1 Å². The summed E-state index contributed by atoms with van der Waals surface area (Å²) >= 11 is 0. The van der Waals surface area contributed by atoms with Crippen LogP contribution in [-0.2, 0) is 4.74 Å². The fourth-order valence-corrected chi connectivity index (χ4v) is 1.47. The molecule has 3 heteroatoms. The molecular formula is C17H23NO2. The SMILES string of the molecule is CCC(C)(C#Cc1ccccc1)NC(=O)OC(C)(C)C. The maximum absolute atomic E-state index is 11.8. The number of ether oxygens (including phenoxy) is 1. The van der Waals surface area contributed by atoms with Gasteiger partial charge in [-0.25, -0.2) is 4.79 Å². The van der Waals surface area contributed by atoms with Crippen molar-refractivity contribution in [1.29, 1.82) is 0 Å². The number of carbonyl (C=O) groups excluding carboxylic acids is 1. The summed E-state index contributed by atoms with van der Waals surface area (Å²) in [4.78, 5) is 11.8. The predicted molar refractivity (Wildman–Crippen MR) is 81.4 cm³/mol. The third kappa shape index (κ3) is 5.79. The third-order valence-corrected chi connectivity index (χ3v) is 2.74. The molecule has 1 unspecified atom stereocenters. The van der Waals surface area contributed by atoms with Gasteiger partial charge in [-0.15, -0.1) is 0 Å². The van der Waals surface area contributed by atoms with Crippen molar-refractivity contribution in [2.75, 3.05) is 0 Å². The highest BCUT2D eigenvalue weighted by atomic mass is 16.6. The molecule has 20 heavy (non-hydrogen) atoms. The van der Waals surface area contributed by atoms with Gasteiger partial charge >= 0.3 is 6.09 Å². The molecule has 0 saturated heterocycles. The van der Waals surface area contributed by atoms with Gasteiger partial charge in [0.05, 0.1) is 0 Å². The molecule has 1 N–H and O–H groups in total. The van der Waals surface area contributed by atoms with E-state index >= 15 is 0 Å². The van der Waals surface area contributed by atoms with Crippen molar-refractivity contribution in [1.82, 2.24) is 5.32 Å². The molecule has 0 aromatic heterocycles. The zero-order valence-corrected chi connectivity index (χ0v) is 12.9. The highest BCUT2D eigenvalue weighted by Crippen LogP contribution is 2.12. The molecule has 1 rings (SSSR count). The Labute approximate surface area is 121 Å². The van der Waals surface area contributed by atoms with E-state index in [9.17, 15) is 4.79 Å². The van der Waals surface area contributed by atoms with Crippen LogP contribution >= 0.6 is 0 Å². The van der Waals surface area contributed by atoms with Gasteiger partial charge in [-0.2, -0.15) is 0 Å². The molecular weight excluding hydrogens is 250 g/mol. The number of amides is 1. The first-order chi connectivity index (χ1) is 9.24. The van der Waals surface area contributed by atoms with E-state index in [0.717, 1.165) is 5.56 Å². The summed E-state index contributed by atoms with van der Waals surface area (Å²) in [6, 6.07) is 9.71. The standard InChI is InChI=1S/C17H23NO2/c1-6-17(5,18-15(19)20-16(2,3)4)13-12-14-10-8-7-9-11-14/h7-11H,6H2,1-5H3,(H,18,19). The molecule has 3 nitrogen and oxygen atoms in total. The second-order valence-electron chi connectivity index (χ2n) is 5.93. The Morgan fingerprint density at radius 2 is 1.80 bits per heavy atom. The molecule has 108 valence electrons. The highest BCUT2D eigenvalue weighted by molar-refractivity contribution is 5.69. The Balaban J connectivity index is 2.78. The maximum Gasteiger partial charge on any atom is 0.408 e. The second-order valence-corrected chi connectivity index (χ2v) is 5.93. The van der Waals surface area contributed by atoms with Crippen molar-refractivity contribution in [2.45, 2.75) is 52.2 Å². The highest BCUT2D eigenvalue weighted by Gasteiger charge is 2.25. The quantitative estimate of drug-likeness (QED) is 0.834. The maximum atomic E-state index is 11.8. The summed E-state index contributed by atoms with van der Waals surface area (Å²) < 4.78 is 5.27. The molecule has 0 aliphatic heterocycles. The van der Waals surface area contributed by atoms with Gasteiger partial charge in [-0.05, 0) is 46.2 Å². The topological polar surface area (TPSA) is 38.3 Å². The summed E-state index contributed by atoms with van der Waals surface area (Å²) in [5.74, 6) is 6.20. The number of nitrogens with one attached hydrogen (secondary N) is 1. The number of alkyl carbamates (subject to hydrolysis) is 1. The van der Waals surface area contributed by atoms with Gasteiger partial charge < -0.3 is 10.1 Å². The molecule has 0 radical (unpaired) electrons. The fourth-order valence-electron chi connectivity index (χ4n) is 1.47. The smallest absolute Gasteiger partial charge is 0.408 e. The minimum Gasteiger partial charge on any atom is -0.444 e. The van der Waals surface area contributed by atoms with E-state index in [1.807, 2.05) is 65.0 Å². The van der Waals surface area contributed by atoms with Crippen LogP contribution in [0.3, 0.4) is 0 Å². The van der Waals surface area contributed by atoms with E-state index < -0.39 is 17.2 Å². The van der Waals surface area contributed by atoms with Crippen molar-refractivity contribution < 1.29 is 9.53 Å². The summed E-state index contributed by atoms with van der Waals surface area (Å²) in [5, 5.41) is 2.84. The summed E-state index contributed by atoms with van der Waals surface area (Å²) in [5.41, 5.74) is -0.179. The van der Waals surface area contributed by atoms with Gasteiger partial charge in [0.2, 0.25) is 0 Å². The van der Waals surface area contributed by atoms with Crippen LogP contribution in [0.5, 0.6) is 0 Å². The third-order valence-electron chi connectivity index (χ3n) is 2.74. The van der Waals surface area contributed by atoms with Gasteiger partial charge in [0.15, 0.2) is 0 Å². The lowest BCUT2D eigenvalue weighted by Gasteiger charge is -2.26.